The van der Waals surface area contributed by atoms with Gasteiger partial charge < -0.3 is 4.84 Å². The number of hydrogen-bond donors (Lipinski definition) is 1. The van der Waals surface area contributed by atoms with Crippen LogP contribution in [0, 0.1) is 0 Å². The Morgan fingerprint density at radius 1 is 1.36 bits per heavy atom. The molecular formula is C8H6ClNO. The van der Waals surface area contributed by atoms with E-state index >= 15 is 0 Å². The van der Waals surface area contributed by atoms with Crippen molar-refractivity contribution in [1.82, 2.24) is 5.48 Å². The second kappa shape index (κ2) is 2.47. The van der Waals surface area contributed by atoms with Gasteiger partial charge in [-0.15, -0.1) is 0 Å². The van der Waals surface area contributed by atoms with Gasteiger partial charge in [-0.05, 0) is 24.3 Å². The van der Waals surface area contributed by atoms with Gasteiger partial charge in [0.2, 0.25) is 0 Å². The normalized spacial score (nSPS) is 13.2. The molecule has 2 rings (SSSR count). The zero-order valence-electron chi connectivity index (χ0n) is 5.67. The number of hydrogen-bond acceptors (Lipinski definition) is 2. The van der Waals surface area contributed by atoms with Gasteiger partial charge in [-0.2, -0.15) is 0 Å². The average Bonchev–Trinajstić information content (AvgIpc) is 2.04. The minimum absolute atomic E-state index is 0.721. The lowest BCUT2D eigenvalue weighted by molar-refractivity contribution is 0.239. The van der Waals surface area contributed by atoms with Crippen LogP contribution in [0.4, 0.5) is 0 Å². The van der Waals surface area contributed by atoms with Crippen LogP contribution in [0.2, 0.25) is 5.02 Å². The summed E-state index contributed by atoms with van der Waals surface area (Å²) in [6, 6.07) is 5.48. The third kappa shape index (κ3) is 1.17. The lowest BCUT2D eigenvalue weighted by atomic mass is 10.2. The molecule has 2 nitrogen and oxygen atoms in total. The van der Waals surface area contributed by atoms with E-state index in [0.717, 1.165) is 16.3 Å². The molecule has 0 bridgehead atoms. The summed E-state index contributed by atoms with van der Waals surface area (Å²) in [6.07, 6.45) is 3.63. The number of halogens is 1. The molecule has 3 heteroatoms. The summed E-state index contributed by atoms with van der Waals surface area (Å²) in [5, 5.41) is 0.721. The van der Waals surface area contributed by atoms with Crippen molar-refractivity contribution in [2.75, 3.05) is 0 Å². The van der Waals surface area contributed by atoms with Crippen LogP contribution in [0.25, 0.3) is 6.08 Å². The van der Waals surface area contributed by atoms with Gasteiger partial charge in [0.1, 0.15) is 0 Å². The van der Waals surface area contributed by atoms with E-state index in [2.05, 4.69) is 5.48 Å². The molecule has 0 spiro atoms. The van der Waals surface area contributed by atoms with Gasteiger partial charge in [-0.25, -0.2) is 5.48 Å². The standard InChI is InChI=1S/C8H6ClNO/c9-7-1-2-8-6(5-7)3-4-10-11-8/h1-5,10H. The Labute approximate surface area is 69.4 Å². The van der Waals surface area contributed by atoms with E-state index in [-0.39, 0.29) is 0 Å². The first-order chi connectivity index (χ1) is 5.36. The second-order valence-corrected chi connectivity index (χ2v) is 2.67. The molecule has 0 amide bonds. The Morgan fingerprint density at radius 3 is 3.18 bits per heavy atom. The van der Waals surface area contributed by atoms with E-state index in [4.69, 9.17) is 16.4 Å². The quantitative estimate of drug-likeness (QED) is 0.640. The monoisotopic (exact) mass is 167 g/mol. The van der Waals surface area contributed by atoms with Crippen LogP contribution in [0.15, 0.2) is 24.4 Å². The molecule has 0 radical (unpaired) electrons. The van der Waals surface area contributed by atoms with Crippen LogP contribution < -0.4 is 10.3 Å². The smallest absolute Gasteiger partial charge is 0.162 e. The van der Waals surface area contributed by atoms with Crippen LogP contribution in [-0.2, 0) is 0 Å². The Balaban J connectivity index is 2.54. The fraction of sp³-hybridized carbons (Fsp3) is 0. The SMILES string of the molecule is Clc1ccc2c(c1)C=CNO2. The first-order valence-electron chi connectivity index (χ1n) is 3.25. The molecule has 0 saturated carbocycles. The lowest BCUT2D eigenvalue weighted by Gasteiger charge is -2.11. The minimum atomic E-state index is 0.721. The number of hydroxylamine groups is 1. The van der Waals surface area contributed by atoms with Crippen molar-refractivity contribution in [3.8, 4) is 5.75 Å². The highest BCUT2D eigenvalue weighted by Crippen LogP contribution is 2.24. The number of fused-ring (bicyclic) bond motifs is 1. The molecule has 1 aromatic carbocycles. The maximum atomic E-state index is 5.77. The first-order valence-corrected chi connectivity index (χ1v) is 3.62. The highest BCUT2D eigenvalue weighted by Gasteiger charge is 2.04. The van der Waals surface area contributed by atoms with Gasteiger partial charge in [-0.1, -0.05) is 11.6 Å². The molecule has 1 aliphatic heterocycles. The van der Waals surface area contributed by atoms with E-state index in [1.165, 1.54) is 0 Å². The summed E-state index contributed by atoms with van der Waals surface area (Å²) in [7, 11) is 0. The first kappa shape index (κ1) is 6.55. The summed E-state index contributed by atoms with van der Waals surface area (Å²) in [6.45, 7) is 0. The van der Waals surface area contributed by atoms with Crippen LogP contribution in [0.3, 0.4) is 0 Å². The molecule has 1 heterocycles. The fourth-order valence-corrected chi connectivity index (χ4v) is 1.14. The molecule has 1 N–H and O–H groups in total. The van der Waals surface area contributed by atoms with Gasteiger partial charge in [0.25, 0.3) is 0 Å². The minimum Gasteiger partial charge on any atom is -0.382 e. The van der Waals surface area contributed by atoms with Crippen LogP contribution in [0.1, 0.15) is 5.56 Å². The van der Waals surface area contributed by atoms with Crippen LogP contribution in [-0.4, -0.2) is 0 Å². The number of benzene rings is 1. The van der Waals surface area contributed by atoms with Crippen LogP contribution in [0.5, 0.6) is 5.75 Å². The maximum Gasteiger partial charge on any atom is 0.162 e. The molecule has 1 aliphatic rings. The van der Waals surface area contributed by atoms with Crippen molar-refractivity contribution in [3.63, 3.8) is 0 Å². The van der Waals surface area contributed by atoms with Crippen molar-refractivity contribution in [2.24, 2.45) is 0 Å². The molecule has 0 aromatic heterocycles. The van der Waals surface area contributed by atoms with Gasteiger partial charge in [0, 0.05) is 16.8 Å². The molecule has 56 valence electrons. The summed E-state index contributed by atoms with van der Waals surface area (Å²) < 4.78 is 0. The van der Waals surface area contributed by atoms with Crippen LogP contribution >= 0.6 is 11.6 Å². The van der Waals surface area contributed by atoms with Crippen molar-refractivity contribution in [3.05, 3.63) is 35.0 Å². The fourth-order valence-electron chi connectivity index (χ4n) is 0.964. The summed E-state index contributed by atoms with van der Waals surface area (Å²) >= 11 is 5.77. The Morgan fingerprint density at radius 2 is 2.27 bits per heavy atom. The maximum absolute atomic E-state index is 5.77. The van der Waals surface area contributed by atoms with E-state index < -0.39 is 0 Å². The Kier molecular flexibility index (Phi) is 1.47. The van der Waals surface area contributed by atoms with Crippen molar-refractivity contribution in [1.29, 1.82) is 0 Å². The van der Waals surface area contributed by atoms with Gasteiger partial charge in [0.15, 0.2) is 5.75 Å². The summed E-state index contributed by atoms with van der Waals surface area (Å²) in [5.74, 6) is 0.803. The molecule has 0 aliphatic carbocycles. The van der Waals surface area contributed by atoms with Crippen molar-refractivity contribution in [2.45, 2.75) is 0 Å². The molecular weight excluding hydrogens is 162 g/mol. The molecule has 0 saturated heterocycles. The summed E-state index contributed by atoms with van der Waals surface area (Å²) in [4.78, 5) is 5.08. The van der Waals surface area contributed by atoms with Crippen molar-refractivity contribution >= 4 is 17.7 Å². The lowest BCUT2D eigenvalue weighted by Crippen LogP contribution is -2.13. The van der Waals surface area contributed by atoms with Crippen molar-refractivity contribution < 1.29 is 4.84 Å². The number of nitrogens with one attached hydrogen (secondary N) is 1. The van der Waals surface area contributed by atoms with E-state index in [1.807, 2.05) is 18.2 Å². The molecule has 0 fully saturated rings. The predicted octanol–water partition coefficient (Wildman–Crippen LogP) is 2.21. The van der Waals surface area contributed by atoms with Gasteiger partial charge in [0.05, 0.1) is 0 Å². The average molecular weight is 168 g/mol. The third-order valence-corrected chi connectivity index (χ3v) is 1.71. The van der Waals surface area contributed by atoms with E-state index in [9.17, 15) is 0 Å². The van der Waals surface area contributed by atoms with E-state index in [1.54, 1.807) is 12.3 Å². The van der Waals surface area contributed by atoms with Gasteiger partial charge in [-0.3, -0.25) is 0 Å². The second-order valence-electron chi connectivity index (χ2n) is 2.24. The molecule has 11 heavy (non-hydrogen) atoms. The van der Waals surface area contributed by atoms with E-state index in [0.29, 0.717) is 0 Å². The molecule has 0 atom stereocenters. The largest absolute Gasteiger partial charge is 0.382 e. The topological polar surface area (TPSA) is 21.3 Å². The molecule has 0 unspecified atom stereocenters. The highest BCUT2D eigenvalue weighted by atomic mass is 35.5. The molecule has 1 aromatic rings. The third-order valence-electron chi connectivity index (χ3n) is 1.47. The number of rotatable bonds is 0. The zero-order chi connectivity index (χ0) is 7.68. The Hall–Kier alpha value is -1.15. The van der Waals surface area contributed by atoms with Gasteiger partial charge >= 0.3 is 0 Å². The zero-order valence-corrected chi connectivity index (χ0v) is 6.43. The Bertz CT molecular complexity index is 309. The predicted molar refractivity (Wildman–Crippen MR) is 44.2 cm³/mol. The highest BCUT2D eigenvalue weighted by molar-refractivity contribution is 6.30. The summed E-state index contributed by atoms with van der Waals surface area (Å²) in [5.41, 5.74) is 3.63.